The van der Waals surface area contributed by atoms with Crippen LogP contribution < -0.4 is 4.90 Å². The number of anilines is 1. The van der Waals surface area contributed by atoms with Gasteiger partial charge < -0.3 is 4.90 Å². The third kappa shape index (κ3) is 4.17. The van der Waals surface area contributed by atoms with Gasteiger partial charge in [-0.25, -0.2) is 0 Å². The lowest BCUT2D eigenvalue weighted by atomic mass is 9.84. The quantitative estimate of drug-likeness (QED) is 0.830. The number of benzene rings is 1. The highest BCUT2D eigenvalue weighted by Crippen LogP contribution is 2.35. The number of rotatable bonds is 3. The van der Waals surface area contributed by atoms with Gasteiger partial charge in [0.25, 0.3) is 0 Å². The number of amides is 1. The van der Waals surface area contributed by atoms with E-state index in [4.69, 9.17) is 0 Å². The number of nitrogens with zero attached hydrogens (tertiary/aromatic N) is 1. The molecular weight excluding hydrogens is 306 g/mol. The summed E-state index contributed by atoms with van der Waals surface area (Å²) in [6.45, 7) is 13.1. The van der Waals surface area contributed by atoms with Crippen molar-refractivity contribution in [1.29, 1.82) is 0 Å². The van der Waals surface area contributed by atoms with Crippen LogP contribution in [-0.4, -0.2) is 23.3 Å². The lowest BCUT2D eigenvalue weighted by Crippen LogP contribution is -2.27. The molecule has 126 valence electrons. The van der Waals surface area contributed by atoms with Crippen molar-refractivity contribution in [3.63, 3.8) is 0 Å². The molecule has 1 saturated heterocycles. The van der Waals surface area contributed by atoms with Gasteiger partial charge in [-0.2, -0.15) is 0 Å². The van der Waals surface area contributed by atoms with Crippen molar-refractivity contribution in [3.8, 4) is 0 Å². The fourth-order valence-electron chi connectivity index (χ4n) is 3.16. The average molecular weight is 333 g/mol. The van der Waals surface area contributed by atoms with Gasteiger partial charge >= 0.3 is 0 Å². The zero-order valence-electron chi connectivity index (χ0n) is 15.0. The zero-order valence-corrected chi connectivity index (χ0v) is 15.8. The molecule has 0 radical (unpaired) electrons. The zero-order chi connectivity index (χ0) is 17.4. The van der Waals surface area contributed by atoms with Crippen LogP contribution in [0.15, 0.2) is 12.1 Å². The average Bonchev–Trinajstić information content (AvgIpc) is 2.76. The van der Waals surface area contributed by atoms with Crippen LogP contribution in [0.25, 0.3) is 0 Å². The molecule has 1 aliphatic rings. The summed E-state index contributed by atoms with van der Waals surface area (Å²) in [6, 6.07) is 4.40. The molecule has 0 N–H and O–H groups in total. The van der Waals surface area contributed by atoms with Crippen LogP contribution in [0.2, 0.25) is 0 Å². The molecule has 2 rings (SSSR count). The molecule has 23 heavy (non-hydrogen) atoms. The third-order valence-corrected chi connectivity index (χ3v) is 5.40. The van der Waals surface area contributed by atoms with Gasteiger partial charge in [0, 0.05) is 31.3 Å². The molecule has 1 unspecified atom stereocenters. The predicted octanol–water partition coefficient (Wildman–Crippen LogP) is 4.23. The molecule has 0 aliphatic carbocycles. The second-order valence-electron chi connectivity index (χ2n) is 7.59. The van der Waals surface area contributed by atoms with E-state index >= 15 is 0 Å². The normalized spacial score (nSPS) is 18.6. The first-order chi connectivity index (χ1) is 10.6. The van der Waals surface area contributed by atoms with Gasteiger partial charge in [-0.05, 0) is 41.9 Å². The van der Waals surface area contributed by atoms with E-state index < -0.39 is 0 Å². The number of hydrogen-bond acceptors (Lipinski definition) is 3. The molecule has 1 heterocycles. The Bertz CT molecular complexity index is 608. The summed E-state index contributed by atoms with van der Waals surface area (Å²) in [6.07, 6.45) is 0.542. The molecule has 1 atom stereocenters. The number of aryl methyl sites for hydroxylation is 2. The Morgan fingerprint density at radius 3 is 2.30 bits per heavy atom. The minimum absolute atomic E-state index is 0.101. The van der Waals surface area contributed by atoms with Gasteiger partial charge in [-0.3, -0.25) is 9.59 Å². The molecule has 1 aromatic carbocycles. The Morgan fingerprint density at radius 2 is 1.83 bits per heavy atom. The largest absolute Gasteiger partial charge is 0.312 e. The molecule has 0 spiro atoms. The molecule has 0 saturated carbocycles. The van der Waals surface area contributed by atoms with Gasteiger partial charge in [0.2, 0.25) is 5.91 Å². The van der Waals surface area contributed by atoms with Gasteiger partial charge in [0.05, 0.1) is 0 Å². The third-order valence-electron chi connectivity index (χ3n) is 4.35. The highest BCUT2D eigenvalue weighted by atomic mass is 32.2. The van der Waals surface area contributed by atoms with Crippen LogP contribution >= 0.6 is 11.8 Å². The lowest BCUT2D eigenvalue weighted by molar-refractivity contribution is -0.117. The highest BCUT2D eigenvalue weighted by Gasteiger charge is 2.32. The van der Waals surface area contributed by atoms with Gasteiger partial charge in [-0.1, -0.05) is 44.7 Å². The van der Waals surface area contributed by atoms with Gasteiger partial charge in [-0.15, -0.1) is 0 Å². The minimum atomic E-state index is 0.101. The van der Waals surface area contributed by atoms with E-state index in [0.29, 0.717) is 6.42 Å². The monoisotopic (exact) mass is 333 g/mol. The van der Waals surface area contributed by atoms with Gasteiger partial charge in [0.1, 0.15) is 0 Å². The first-order valence-electron chi connectivity index (χ1n) is 8.15. The summed E-state index contributed by atoms with van der Waals surface area (Å²) in [5.41, 5.74) is 4.76. The molecule has 0 bridgehead atoms. The Kier molecular flexibility index (Phi) is 5.24. The van der Waals surface area contributed by atoms with Crippen molar-refractivity contribution >= 4 is 28.5 Å². The van der Waals surface area contributed by atoms with Crippen molar-refractivity contribution in [2.24, 2.45) is 5.92 Å². The maximum absolute atomic E-state index is 12.4. The van der Waals surface area contributed by atoms with Crippen molar-refractivity contribution in [2.75, 3.05) is 17.2 Å². The Hall–Kier alpha value is -1.29. The van der Waals surface area contributed by atoms with Crippen molar-refractivity contribution < 1.29 is 9.59 Å². The summed E-state index contributed by atoms with van der Waals surface area (Å²) in [7, 11) is 0. The second kappa shape index (κ2) is 6.68. The van der Waals surface area contributed by atoms with E-state index in [1.165, 1.54) is 17.3 Å². The van der Waals surface area contributed by atoms with E-state index in [9.17, 15) is 9.59 Å². The molecular formula is C19H27NO2S. The van der Waals surface area contributed by atoms with E-state index in [2.05, 4.69) is 46.8 Å². The molecule has 1 aliphatic heterocycles. The summed E-state index contributed by atoms with van der Waals surface area (Å²) in [5.74, 6) is 1.17. The van der Waals surface area contributed by atoms with Crippen LogP contribution in [0, 0.1) is 19.8 Å². The summed E-state index contributed by atoms with van der Waals surface area (Å²) < 4.78 is 0. The Morgan fingerprint density at radius 1 is 1.26 bits per heavy atom. The van der Waals surface area contributed by atoms with Crippen LogP contribution in [0.3, 0.4) is 0 Å². The predicted molar refractivity (Wildman–Crippen MR) is 98.2 cm³/mol. The smallest absolute Gasteiger partial charge is 0.227 e. The fraction of sp³-hybridized carbons (Fsp3) is 0.579. The van der Waals surface area contributed by atoms with Crippen molar-refractivity contribution in [3.05, 3.63) is 28.8 Å². The fourth-order valence-corrected chi connectivity index (χ4v) is 3.85. The van der Waals surface area contributed by atoms with Crippen LogP contribution in [-0.2, 0) is 15.0 Å². The first kappa shape index (κ1) is 18.1. The lowest BCUT2D eigenvalue weighted by Gasteiger charge is -2.26. The van der Waals surface area contributed by atoms with Crippen LogP contribution in [0.5, 0.6) is 0 Å². The van der Waals surface area contributed by atoms with E-state index in [1.807, 2.05) is 4.90 Å². The molecule has 3 nitrogen and oxygen atoms in total. The molecule has 1 aromatic rings. The standard InChI is InChI=1S/C19H27NO2S/c1-12-7-16(19(4,5)6)8-13(2)18(12)20-10-15(9-17(20)22)11-23-14(3)21/h7-8,15H,9-11H2,1-6H3. The maximum Gasteiger partial charge on any atom is 0.227 e. The topological polar surface area (TPSA) is 37.4 Å². The van der Waals surface area contributed by atoms with E-state index in [0.717, 1.165) is 29.1 Å². The van der Waals surface area contributed by atoms with E-state index in [1.54, 1.807) is 6.92 Å². The summed E-state index contributed by atoms with van der Waals surface area (Å²) >= 11 is 1.32. The van der Waals surface area contributed by atoms with Crippen LogP contribution in [0.4, 0.5) is 5.69 Å². The molecule has 4 heteroatoms. The number of carbonyl (C=O) groups is 2. The summed E-state index contributed by atoms with van der Waals surface area (Å²) in [4.78, 5) is 25.5. The molecule has 1 amide bonds. The molecule has 0 aromatic heterocycles. The van der Waals surface area contributed by atoms with Gasteiger partial charge in [0.15, 0.2) is 5.12 Å². The highest BCUT2D eigenvalue weighted by molar-refractivity contribution is 8.13. The van der Waals surface area contributed by atoms with E-state index in [-0.39, 0.29) is 22.4 Å². The summed E-state index contributed by atoms with van der Waals surface area (Å²) in [5, 5.41) is 0.123. The number of carbonyl (C=O) groups excluding carboxylic acids is 2. The van der Waals surface area contributed by atoms with Crippen molar-refractivity contribution in [1.82, 2.24) is 0 Å². The second-order valence-corrected chi connectivity index (χ2v) is 8.78. The minimum Gasteiger partial charge on any atom is -0.312 e. The Labute approximate surface area is 143 Å². The van der Waals surface area contributed by atoms with Crippen LogP contribution in [0.1, 0.15) is 50.8 Å². The van der Waals surface area contributed by atoms with Crippen molar-refractivity contribution in [2.45, 2.75) is 53.4 Å². The molecule has 1 fully saturated rings. The number of hydrogen-bond donors (Lipinski definition) is 0. The first-order valence-corrected chi connectivity index (χ1v) is 9.13. The number of thioether (sulfide) groups is 1. The Balaban J connectivity index is 2.25. The SMILES string of the molecule is CC(=O)SCC1CC(=O)N(c2c(C)cc(C(C)(C)C)cc2C)C1. The maximum atomic E-state index is 12.4.